The monoisotopic (exact) mass is 408 g/mol. The average Bonchev–Trinajstić information content (AvgIpc) is 2.75. The van der Waals surface area contributed by atoms with Crippen molar-refractivity contribution in [2.75, 3.05) is 7.11 Å². The second-order valence-electron chi connectivity index (χ2n) is 5.87. The van der Waals surface area contributed by atoms with Crippen LogP contribution in [-0.2, 0) is 0 Å². The number of carbonyl (C=O) groups excluding carboxylic acids is 2. The molecule has 6 nitrogen and oxygen atoms in total. The van der Waals surface area contributed by atoms with Crippen molar-refractivity contribution in [3.05, 3.63) is 94.5 Å². The summed E-state index contributed by atoms with van der Waals surface area (Å²) in [6.45, 7) is 0. The average molecular weight is 409 g/mol. The third kappa shape index (κ3) is 5.43. The van der Waals surface area contributed by atoms with Gasteiger partial charge in [0.1, 0.15) is 11.5 Å². The summed E-state index contributed by atoms with van der Waals surface area (Å²) >= 11 is 5.83. The van der Waals surface area contributed by atoms with E-state index in [1.54, 1.807) is 72.8 Å². The fourth-order valence-electron chi connectivity index (χ4n) is 2.41. The van der Waals surface area contributed by atoms with Crippen molar-refractivity contribution in [3.63, 3.8) is 0 Å². The molecule has 0 fully saturated rings. The first-order chi connectivity index (χ1) is 14.1. The molecule has 0 saturated heterocycles. The maximum atomic E-state index is 12.3. The van der Waals surface area contributed by atoms with Crippen LogP contribution in [0.3, 0.4) is 0 Å². The largest absolute Gasteiger partial charge is 0.497 e. The van der Waals surface area contributed by atoms with Gasteiger partial charge in [-0.15, -0.1) is 0 Å². The van der Waals surface area contributed by atoms with Crippen molar-refractivity contribution in [1.29, 1.82) is 0 Å². The molecule has 0 heterocycles. The van der Waals surface area contributed by atoms with Gasteiger partial charge in [0, 0.05) is 16.1 Å². The van der Waals surface area contributed by atoms with Crippen molar-refractivity contribution in [2.45, 2.75) is 0 Å². The summed E-state index contributed by atoms with van der Waals surface area (Å²) in [5, 5.41) is 4.48. The molecule has 29 heavy (non-hydrogen) atoms. The van der Waals surface area contributed by atoms with Crippen LogP contribution in [0, 0.1) is 0 Å². The summed E-state index contributed by atoms with van der Waals surface area (Å²) in [5.41, 5.74) is 3.74. The van der Waals surface area contributed by atoms with E-state index in [9.17, 15) is 9.59 Å². The zero-order valence-corrected chi connectivity index (χ0v) is 16.2. The predicted molar refractivity (Wildman–Crippen MR) is 111 cm³/mol. The SMILES string of the molecule is COc1cccc(C(=O)N/N=C\c2ccccc2OC(=O)c2ccc(Cl)cc2)c1. The zero-order valence-electron chi connectivity index (χ0n) is 15.5. The lowest BCUT2D eigenvalue weighted by molar-refractivity contribution is 0.0734. The first-order valence-corrected chi connectivity index (χ1v) is 8.99. The van der Waals surface area contributed by atoms with Crippen LogP contribution in [0.15, 0.2) is 77.9 Å². The zero-order chi connectivity index (χ0) is 20.6. The van der Waals surface area contributed by atoms with Gasteiger partial charge in [-0.05, 0) is 54.6 Å². The number of carbonyl (C=O) groups is 2. The van der Waals surface area contributed by atoms with E-state index in [1.165, 1.54) is 13.3 Å². The van der Waals surface area contributed by atoms with Gasteiger partial charge in [0.05, 0.1) is 18.9 Å². The lowest BCUT2D eigenvalue weighted by Gasteiger charge is -2.07. The maximum Gasteiger partial charge on any atom is 0.343 e. The first-order valence-electron chi connectivity index (χ1n) is 8.61. The molecule has 0 aliphatic rings. The van der Waals surface area contributed by atoms with Crippen molar-refractivity contribution < 1.29 is 19.1 Å². The van der Waals surface area contributed by atoms with Gasteiger partial charge in [-0.25, -0.2) is 10.2 Å². The Morgan fingerprint density at radius 3 is 2.48 bits per heavy atom. The fourth-order valence-corrected chi connectivity index (χ4v) is 2.54. The van der Waals surface area contributed by atoms with Crippen molar-refractivity contribution in [1.82, 2.24) is 5.43 Å². The minimum absolute atomic E-state index is 0.312. The van der Waals surface area contributed by atoms with Gasteiger partial charge in [-0.1, -0.05) is 29.8 Å². The second kappa shape index (κ2) is 9.52. The molecule has 3 aromatic carbocycles. The topological polar surface area (TPSA) is 77.0 Å². The standard InChI is InChI=1S/C22H17ClN2O4/c1-28-19-7-4-6-16(13-19)21(26)25-24-14-17-5-2-3-8-20(17)29-22(27)15-9-11-18(23)12-10-15/h2-14H,1H3,(H,25,26)/b24-14-. The highest BCUT2D eigenvalue weighted by molar-refractivity contribution is 6.30. The molecule has 0 spiro atoms. The molecule has 0 atom stereocenters. The lowest BCUT2D eigenvalue weighted by Crippen LogP contribution is -2.17. The highest BCUT2D eigenvalue weighted by atomic mass is 35.5. The molecule has 0 aromatic heterocycles. The van der Waals surface area contributed by atoms with E-state index < -0.39 is 11.9 Å². The van der Waals surface area contributed by atoms with Gasteiger partial charge in [-0.2, -0.15) is 5.10 Å². The molecule has 3 rings (SSSR count). The number of amides is 1. The number of nitrogens with zero attached hydrogens (tertiary/aromatic N) is 1. The predicted octanol–water partition coefficient (Wildman–Crippen LogP) is 4.33. The van der Waals surface area contributed by atoms with E-state index in [4.69, 9.17) is 21.1 Å². The Morgan fingerprint density at radius 2 is 1.72 bits per heavy atom. The van der Waals surface area contributed by atoms with Gasteiger partial charge in [0.15, 0.2) is 0 Å². The highest BCUT2D eigenvalue weighted by Crippen LogP contribution is 2.19. The Balaban J connectivity index is 1.69. The number of hydrogen-bond acceptors (Lipinski definition) is 5. The Kier molecular flexibility index (Phi) is 6.60. The summed E-state index contributed by atoms with van der Waals surface area (Å²) in [5.74, 6) is -0.0355. The molecular formula is C22H17ClN2O4. The molecule has 7 heteroatoms. The van der Waals surface area contributed by atoms with Crippen LogP contribution in [0.4, 0.5) is 0 Å². The number of hydrazone groups is 1. The third-order valence-corrected chi connectivity index (χ3v) is 4.16. The normalized spacial score (nSPS) is 10.6. The van der Waals surface area contributed by atoms with Crippen LogP contribution in [0.5, 0.6) is 11.5 Å². The Labute approximate surface area is 172 Å². The van der Waals surface area contributed by atoms with Crippen LogP contribution < -0.4 is 14.9 Å². The Hall–Kier alpha value is -3.64. The summed E-state index contributed by atoms with van der Waals surface area (Å²) < 4.78 is 10.5. The van der Waals surface area contributed by atoms with Crippen molar-refractivity contribution in [2.24, 2.45) is 5.10 Å². The van der Waals surface area contributed by atoms with Crippen LogP contribution in [0.2, 0.25) is 5.02 Å². The van der Waals surface area contributed by atoms with E-state index >= 15 is 0 Å². The highest BCUT2D eigenvalue weighted by Gasteiger charge is 2.11. The molecule has 0 aliphatic carbocycles. The smallest absolute Gasteiger partial charge is 0.343 e. The molecule has 146 valence electrons. The summed E-state index contributed by atoms with van der Waals surface area (Å²) in [6.07, 6.45) is 1.41. The molecule has 3 aromatic rings. The molecule has 0 aliphatic heterocycles. The third-order valence-electron chi connectivity index (χ3n) is 3.90. The van der Waals surface area contributed by atoms with Gasteiger partial charge in [-0.3, -0.25) is 4.79 Å². The minimum Gasteiger partial charge on any atom is -0.497 e. The molecule has 0 unspecified atom stereocenters. The molecule has 0 radical (unpaired) electrons. The number of para-hydroxylation sites is 1. The minimum atomic E-state index is -0.525. The molecule has 1 N–H and O–H groups in total. The number of hydrogen-bond donors (Lipinski definition) is 1. The van der Waals surface area contributed by atoms with Crippen LogP contribution >= 0.6 is 11.6 Å². The number of rotatable bonds is 6. The lowest BCUT2D eigenvalue weighted by atomic mass is 10.2. The van der Waals surface area contributed by atoms with Crippen LogP contribution in [0.1, 0.15) is 26.3 Å². The van der Waals surface area contributed by atoms with Crippen molar-refractivity contribution in [3.8, 4) is 11.5 Å². The van der Waals surface area contributed by atoms with E-state index in [1.807, 2.05) is 0 Å². The van der Waals surface area contributed by atoms with Crippen LogP contribution in [-0.4, -0.2) is 25.2 Å². The molecule has 0 saturated carbocycles. The van der Waals surface area contributed by atoms with Gasteiger partial charge in [0.25, 0.3) is 5.91 Å². The number of halogens is 1. The van der Waals surface area contributed by atoms with Gasteiger partial charge in [0.2, 0.25) is 0 Å². The van der Waals surface area contributed by atoms with Gasteiger partial charge < -0.3 is 9.47 Å². The first kappa shape index (κ1) is 20.1. The van der Waals surface area contributed by atoms with Crippen LogP contribution in [0.25, 0.3) is 0 Å². The van der Waals surface area contributed by atoms with E-state index in [-0.39, 0.29) is 0 Å². The number of nitrogens with one attached hydrogen (secondary N) is 1. The number of ether oxygens (including phenoxy) is 2. The number of esters is 1. The molecule has 1 amide bonds. The van der Waals surface area contributed by atoms with E-state index in [0.717, 1.165) is 0 Å². The van der Waals surface area contributed by atoms with Crippen molar-refractivity contribution >= 4 is 29.7 Å². The molecular weight excluding hydrogens is 392 g/mol. The van der Waals surface area contributed by atoms with E-state index in [0.29, 0.717) is 33.2 Å². The van der Waals surface area contributed by atoms with E-state index in [2.05, 4.69) is 10.5 Å². The maximum absolute atomic E-state index is 12.3. The number of methoxy groups -OCH3 is 1. The summed E-state index contributed by atoms with van der Waals surface area (Å²) in [6, 6.07) is 19.9. The quantitative estimate of drug-likeness (QED) is 0.285. The Bertz CT molecular complexity index is 1050. The Morgan fingerprint density at radius 1 is 0.966 bits per heavy atom. The fraction of sp³-hybridized carbons (Fsp3) is 0.0455. The second-order valence-corrected chi connectivity index (χ2v) is 6.30. The summed E-state index contributed by atoms with van der Waals surface area (Å²) in [4.78, 5) is 24.5. The van der Waals surface area contributed by atoms with Gasteiger partial charge >= 0.3 is 5.97 Å². The molecule has 0 bridgehead atoms. The number of benzene rings is 3. The summed E-state index contributed by atoms with van der Waals surface area (Å²) in [7, 11) is 1.53.